The summed E-state index contributed by atoms with van der Waals surface area (Å²) in [7, 11) is 0. The molecule has 0 amide bonds. The van der Waals surface area contributed by atoms with Gasteiger partial charge in [0, 0.05) is 0 Å². The van der Waals surface area contributed by atoms with Crippen molar-refractivity contribution in [1.29, 1.82) is 5.26 Å². The van der Waals surface area contributed by atoms with Crippen molar-refractivity contribution >= 4 is 5.97 Å². The minimum atomic E-state index is -1.44. The molecule has 4 heteroatoms. The first-order valence-corrected chi connectivity index (χ1v) is 5.47. The summed E-state index contributed by atoms with van der Waals surface area (Å²) < 4.78 is 10.1. The van der Waals surface area contributed by atoms with E-state index in [0.29, 0.717) is 0 Å². The van der Waals surface area contributed by atoms with Gasteiger partial charge in [0.1, 0.15) is 12.2 Å². The van der Waals surface area contributed by atoms with Crippen LogP contribution in [0.15, 0.2) is 24.3 Å². The van der Waals surface area contributed by atoms with E-state index in [4.69, 9.17) is 14.7 Å². The molecule has 1 aromatic carbocycles. The SMILES string of the molecule is CCOC(=O)C1(C#N)OC1c1ccc(C)cc1. The molecular weight excluding hydrogens is 218 g/mol. The van der Waals surface area contributed by atoms with Gasteiger partial charge in [0.15, 0.2) is 0 Å². The van der Waals surface area contributed by atoms with Crippen LogP contribution in [0.2, 0.25) is 0 Å². The molecule has 0 N–H and O–H groups in total. The Labute approximate surface area is 99.8 Å². The second kappa shape index (κ2) is 4.19. The Balaban J connectivity index is 2.19. The van der Waals surface area contributed by atoms with Crippen LogP contribution in [0.4, 0.5) is 0 Å². The number of esters is 1. The Morgan fingerprint density at radius 2 is 2.18 bits per heavy atom. The maximum atomic E-state index is 11.6. The van der Waals surface area contributed by atoms with Crippen LogP contribution in [-0.4, -0.2) is 18.2 Å². The zero-order chi connectivity index (χ0) is 12.5. The summed E-state index contributed by atoms with van der Waals surface area (Å²) in [6.45, 7) is 3.92. The first-order valence-electron chi connectivity index (χ1n) is 5.47. The van der Waals surface area contributed by atoms with Crippen LogP contribution >= 0.6 is 0 Å². The Morgan fingerprint density at radius 3 is 2.71 bits per heavy atom. The number of epoxide rings is 1. The Kier molecular flexibility index (Phi) is 2.86. The van der Waals surface area contributed by atoms with Gasteiger partial charge >= 0.3 is 5.97 Å². The molecule has 1 aromatic rings. The summed E-state index contributed by atoms with van der Waals surface area (Å²) in [5.74, 6) is -0.604. The average molecular weight is 231 g/mol. The molecular formula is C13H13NO3. The van der Waals surface area contributed by atoms with Crippen LogP contribution in [0.5, 0.6) is 0 Å². The van der Waals surface area contributed by atoms with E-state index in [2.05, 4.69) is 0 Å². The number of benzene rings is 1. The maximum Gasteiger partial charge on any atom is 0.356 e. The Hall–Kier alpha value is -1.86. The highest BCUT2D eigenvalue weighted by Gasteiger charge is 2.66. The summed E-state index contributed by atoms with van der Waals surface area (Å²) in [4.78, 5) is 11.6. The van der Waals surface area contributed by atoms with Gasteiger partial charge in [-0.2, -0.15) is 5.26 Å². The van der Waals surface area contributed by atoms with Gasteiger partial charge in [-0.15, -0.1) is 0 Å². The number of nitrogens with zero attached hydrogens (tertiary/aromatic N) is 1. The van der Waals surface area contributed by atoms with Crippen LogP contribution < -0.4 is 0 Å². The lowest BCUT2D eigenvalue weighted by atomic mass is 10.00. The lowest BCUT2D eigenvalue weighted by molar-refractivity contribution is -0.147. The Morgan fingerprint density at radius 1 is 1.53 bits per heavy atom. The first-order chi connectivity index (χ1) is 8.14. The third kappa shape index (κ3) is 1.90. The van der Waals surface area contributed by atoms with Crippen LogP contribution in [0.3, 0.4) is 0 Å². The van der Waals surface area contributed by atoms with Crippen molar-refractivity contribution in [3.63, 3.8) is 0 Å². The molecule has 1 saturated heterocycles. The zero-order valence-electron chi connectivity index (χ0n) is 9.77. The lowest BCUT2D eigenvalue weighted by Gasteiger charge is -2.03. The molecule has 17 heavy (non-hydrogen) atoms. The third-order valence-corrected chi connectivity index (χ3v) is 2.74. The molecule has 2 rings (SSSR count). The molecule has 88 valence electrons. The highest BCUT2D eigenvalue weighted by Crippen LogP contribution is 2.50. The molecule has 0 radical (unpaired) electrons. The van der Waals surface area contributed by atoms with E-state index in [-0.39, 0.29) is 6.61 Å². The fourth-order valence-corrected chi connectivity index (χ4v) is 1.72. The number of hydrogen-bond donors (Lipinski definition) is 0. The number of carbonyl (C=O) groups is 1. The third-order valence-electron chi connectivity index (χ3n) is 2.74. The summed E-state index contributed by atoms with van der Waals surface area (Å²) in [6, 6.07) is 9.46. The largest absolute Gasteiger partial charge is 0.463 e. The van der Waals surface area contributed by atoms with E-state index < -0.39 is 17.7 Å². The average Bonchev–Trinajstić information content (AvgIpc) is 3.06. The van der Waals surface area contributed by atoms with Gasteiger partial charge in [-0.05, 0) is 19.4 Å². The van der Waals surface area contributed by atoms with Crippen LogP contribution in [-0.2, 0) is 14.3 Å². The zero-order valence-corrected chi connectivity index (χ0v) is 9.77. The van der Waals surface area contributed by atoms with E-state index in [1.54, 1.807) is 6.92 Å². The predicted octanol–water partition coefficient (Wildman–Crippen LogP) is 1.89. The van der Waals surface area contributed by atoms with Gasteiger partial charge in [0.2, 0.25) is 0 Å². The topological polar surface area (TPSA) is 62.6 Å². The molecule has 1 aliphatic rings. The number of nitriles is 1. The first kappa shape index (κ1) is 11.6. The highest BCUT2D eigenvalue weighted by molar-refractivity contribution is 5.87. The highest BCUT2D eigenvalue weighted by atomic mass is 16.7. The molecule has 4 nitrogen and oxygen atoms in total. The second-order valence-corrected chi connectivity index (χ2v) is 3.98. The number of hydrogen-bond acceptors (Lipinski definition) is 4. The molecule has 1 aliphatic heterocycles. The van der Waals surface area contributed by atoms with E-state index in [1.807, 2.05) is 37.3 Å². The minimum Gasteiger partial charge on any atom is -0.463 e. The maximum absolute atomic E-state index is 11.6. The summed E-state index contributed by atoms with van der Waals surface area (Å²) in [5.41, 5.74) is 0.504. The van der Waals surface area contributed by atoms with Crippen LogP contribution in [0, 0.1) is 18.3 Å². The summed E-state index contributed by atoms with van der Waals surface area (Å²) in [5, 5.41) is 9.06. The molecule has 0 spiro atoms. The van der Waals surface area contributed by atoms with Crippen molar-refractivity contribution in [2.45, 2.75) is 25.6 Å². The molecule has 1 heterocycles. The summed E-state index contributed by atoms with van der Waals surface area (Å²) >= 11 is 0. The van der Waals surface area contributed by atoms with E-state index in [0.717, 1.165) is 11.1 Å². The predicted molar refractivity (Wildman–Crippen MR) is 60.0 cm³/mol. The number of carbonyl (C=O) groups excluding carboxylic acids is 1. The van der Waals surface area contributed by atoms with Gasteiger partial charge in [-0.25, -0.2) is 4.79 Å². The molecule has 0 aromatic heterocycles. The van der Waals surface area contributed by atoms with E-state index in [9.17, 15) is 4.79 Å². The number of ether oxygens (including phenoxy) is 2. The van der Waals surface area contributed by atoms with E-state index >= 15 is 0 Å². The van der Waals surface area contributed by atoms with Crippen molar-refractivity contribution in [2.75, 3.05) is 6.61 Å². The van der Waals surface area contributed by atoms with Gasteiger partial charge in [-0.1, -0.05) is 29.8 Å². The van der Waals surface area contributed by atoms with Crippen molar-refractivity contribution in [1.82, 2.24) is 0 Å². The standard InChI is InChI=1S/C13H13NO3/c1-3-16-12(15)13(8-14)11(17-13)10-6-4-9(2)5-7-10/h4-7,11H,3H2,1-2H3. The quantitative estimate of drug-likeness (QED) is 0.588. The monoisotopic (exact) mass is 231 g/mol. The normalized spacial score (nSPS) is 26.1. The second-order valence-electron chi connectivity index (χ2n) is 3.98. The minimum absolute atomic E-state index is 0.242. The lowest BCUT2D eigenvalue weighted by Crippen LogP contribution is -2.26. The molecule has 1 fully saturated rings. The molecule has 0 saturated carbocycles. The van der Waals surface area contributed by atoms with Crippen molar-refractivity contribution in [2.24, 2.45) is 0 Å². The fourth-order valence-electron chi connectivity index (χ4n) is 1.72. The smallest absolute Gasteiger partial charge is 0.356 e. The molecule has 2 atom stereocenters. The molecule has 0 aliphatic carbocycles. The van der Waals surface area contributed by atoms with Gasteiger partial charge in [0.25, 0.3) is 5.60 Å². The number of aryl methyl sites for hydroxylation is 1. The summed E-state index contributed by atoms with van der Waals surface area (Å²) in [6.07, 6.45) is -0.507. The van der Waals surface area contributed by atoms with Gasteiger partial charge < -0.3 is 9.47 Å². The van der Waals surface area contributed by atoms with Gasteiger partial charge in [0.05, 0.1) is 6.61 Å². The fraction of sp³-hybridized carbons (Fsp3) is 0.385. The van der Waals surface area contributed by atoms with Crippen LogP contribution in [0.25, 0.3) is 0 Å². The number of rotatable bonds is 3. The Bertz CT molecular complexity index is 474. The van der Waals surface area contributed by atoms with Crippen LogP contribution in [0.1, 0.15) is 24.2 Å². The van der Waals surface area contributed by atoms with E-state index in [1.165, 1.54) is 0 Å². The van der Waals surface area contributed by atoms with Crippen molar-refractivity contribution in [3.05, 3.63) is 35.4 Å². The molecule has 2 unspecified atom stereocenters. The van der Waals surface area contributed by atoms with Crippen molar-refractivity contribution in [3.8, 4) is 6.07 Å². The van der Waals surface area contributed by atoms with Gasteiger partial charge in [-0.3, -0.25) is 0 Å². The molecule has 0 bridgehead atoms. The van der Waals surface area contributed by atoms with Crippen molar-refractivity contribution < 1.29 is 14.3 Å².